The van der Waals surface area contributed by atoms with Gasteiger partial charge >= 0.3 is 5.97 Å². The average molecular weight is 465 g/mol. The predicted octanol–water partition coefficient (Wildman–Crippen LogP) is 3.77. The van der Waals surface area contributed by atoms with Gasteiger partial charge in [-0.05, 0) is 63.7 Å². The molecule has 3 aliphatic rings. The number of rotatable bonds is 6. The number of likely N-dealkylation sites (tertiary alicyclic amines) is 1. The molecule has 0 N–H and O–H groups in total. The second-order valence-corrected chi connectivity index (χ2v) is 9.67. The van der Waals surface area contributed by atoms with Crippen LogP contribution in [0.5, 0.6) is 11.6 Å². The maximum atomic E-state index is 13.1. The summed E-state index contributed by atoms with van der Waals surface area (Å²) in [5, 5.41) is 0. The summed E-state index contributed by atoms with van der Waals surface area (Å²) < 4.78 is 11.7. The Balaban J connectivity index is 1.20. The first-order valence-corrected chi connectivity index (χ1v) is 12.3. The van der Waals surface area contributed by atoms with E-state index in [1.807, 2.05) is 24.1 Å². The van der Waals surface area contributed by atoms with E-state index < -0.39 is 5.60 Å². The molecule has 0 unspecified atom stereocenters. The highest BCUT2D eigenvalue weighted by Crippen LogP contribution is 2.49. The summed E-state index contributed by atoms with van der Waals surface area (Å²) in [7, 11) is 1.92. The molecule has 1 saturated heterocycles. The van der Waals surface area contributed by atoms with Gasteiger partial charge in [0.1, 0.15) is 11.4 Å². The summed E-state index contributed by atoms with van der Waals surface area (Å²) in [6.45, 7) is 4.00. The second-order valence-electron chi connectivity index (χ2n) is 9.67. The molecule has 1 spiro atoms. The second kappa shape index (κ2) is 9.70. The van der Waals surface area contributed by atoms with E-state index in [2.05, 4.69) is 14.9 Å². The van der Waals surface area contributed by atoms with Crippen LogP contribution in [0.3, 0.4) is 0 Å². The largest absolute Gasteiger partial charge is 0.451 e. The summed E-state index contributed by atoms with van der Waals surface area (Å²) in [5.41, 5.74) is 0.791. The van der Waals surface area contributed by atoms with Gasteiger partial charge in [-0.15, -0.1) is 0 Å². The first-order valence-electron chi connectivity index (χ1n) is 12.3. The molecule has 8 heteroatoms. The van der Waals surface area contributed by atoms with Crippen LogP contribution in [0, 0.1) is 5.92 Å². The lowest BCUT2D eigenvalue weighted by molar-refractivity contribution is -0.137. The van der Waals surface area contributed by atoms with Crippen molar-refractivity contribution in [1.29, 1.82) is 0 Å². The monoisotopic (exact) mass is 464 g/mol. The third-order valence-electron chi connectivity index (χ3n) is 7.47. The molecule has 2 fully saturated rings. The molecule has 34 heavy (non-hydrogen) atoms. The van der Waals surface area contributed by atoms with Crippen LogP contribution in [0.15, 0.2) is 36.8 Å². The van der Waals surface area contributed by atoms with Crippen molar-refractivity contribution in [1.82, 2.24) is 19.8 Å². The highest BCUT2D eigenvalue weighted by molar-refractivity contribution is 5.95. The maximum Gasteiger partial charge on any atom is 0.339 e. The highest BCUT2D eigenvalue weighted by Gasteiger charge is 2.48. The molecule has 5 rings (SSSR count). The topological polar surface area (TPSA) is 84.9 Å². The van der Waals surface area contributed by atoms with Crippen LogP contribution in [-0.2, 0) is 15.1 Å². The van der Waals surface area contributed by atoms with E-state index in [0.717, 1.165) is 44.6 Å². The van der Waals surface area contributed by atoms with Crippen LogP contribution in [0.25, 0.3) is 0 Å². The van der Waals surface area contributed by atoms with Crippen LogP contribution < -0.4 is 4.74 Å². The number of piperidine rings is 1. The molecular formula is C26H32N4O4. The van der Waals surface area contributed by atoms with Gasteiger partial charge in [0, 0.05) is 44.0 Å². The Labute approximate surface area is 200 Å². The van der Waals surface area contributed by atoms with Gasteiger partial charge in [0.2, 0.25) is 11.8 Å². The number of nitrogens with zero attached hydrogens (tertiary/aromatic N) is 4. The molecule has 3 heterocycles. The van der Waals surface area contributed by atoms with E-state index in [-0.39, 0.29) is 17.8 Å². The van der Waals surface area contributed by atoms with Crippen LogP contribution in [0.1, 0.15) is 60.9 Å². The van der Waals surface area contributed by atoms with E-state index in [0.29, 0.717) is 30.0 Å². The summed E-state index contributed by atoms with van der Waals surface area (Å²) in [5.74, 6) is 0.755. The Kier molecular flexibility index (Phi) is 6.50. The third kappa shape index (κ3) is 4.64. The number of esters is 1. The van der Waals surface area contributed by atoms with Crippen molar-refractivity contribution in [2.45, 2.75) is 50.5 Å². The molecule has 1 saturated carbocycles. The first kappa shape index (κ1) is 22.8. The van der Waals surface area contributed by atoms with Gasteiger partial charge in [0.25, 0.3) is 0 Å². The van der Waals surface area contributed by atoms with E-state index in [9.17, 15) is 9.59 Å². The van der Waals surface area contributed by atoms with Gasteiger partial charge in [0.15, 0.2) is 0 Å². The number of hydrogen-bond donors (Lipinski definition) is 0. The lowest BCUT2D eigenvalue weighted by Gasteiger charge is -2.37. The Morgan fingerprint density at radius 2 is 2.00 bits per heavy atom. The number of fused-ring (bicyclic) bond motifs is 2. The fraction of sp³-hybridized carbons (Fsp3) is 0.538. The molecule has 1 aliphatic carbocycles. The van der Waals surface area contributed by atoms with E-state index in [4.69, 9.17) is 9.47 Å². The van der Waals surface area contributed by atoms with Crippen molar-refractivity contribution in [2.24, 2.45) is 5.92 Å². The van der Waals surface area contributed by atoms with Crippen molar-refractivity contribution in [3.63, 3.8) is 0 Å². The molecule has 8 nitrogen and oxygen atoms in total. The normalized spacial score (nSPS) is 24.5. The molecular weight excluding hydrogens is 432 g/mol. The van der Waals surface area contributed by atoms with Crippen LogP contribution in [-0.4, -0.2) is 64.9 Å². The minimum atomic E-state index is -0.638. The van der Waals surface area contributed by atoms with Gasteiger partial charge in [-0.1, -0.05) is 12.5 Å². The number of carbonyl (C=O) groups is 2. The smallest absolute Gasteiger partial charge is 0.339 e. The van der Waals surface area contributed by atoms with Crippen LogP contribution in [0.4, 0.5) is 0 Å². The molecule has 0 bridgehead atoms. The van der Waals surface area contributed by atoms with E-state index in [1.54, 1.807) is 18.5 Å². The zero-order valence-corrected chi connectivity index (χ0v) is 19.7. The summed E-state index contributed by atoms with van der Waals surface area (Å²) >= 11 is 0. The quantitative estimate of drug-likeness (QED) is 0.602. The Morgan fingerprint density at radius 3 is 2.74 bits per heavy atom. The van der Waals surface area contributed by atoms with Crippen molar-refractivity contribution < 1.29 is 19.1 Å². The van der Waals surface area contributed by atoms with Gasteiger partial charge < -0.3 is 19.3 Å². The van der Waals surface area contributed by atoms with Crippen molar-refractivity contribution in [2.75, 3.05) is 33.2 Å². The zero-order chi connectivity index (χ0) is 23.5. The summed E-state index contributed by atoms with van der Waals surface area (Å²) in [4.78, 5) is 38.2. The zero-order valence-electron chi connectivity index (χ0n) is 19.7. The lowest BCUT2D eigenvalue weighted by atomic mass is 9.74. The number of ether oxygens (including phenoxy) is 2. The van der Waals surface area contributed by atoms with Crippen molar-refractivity contribution >= 4 is 11.9 Å². The van der Waals surface area contributed by atoms with Gasteiger partial charge in [0.05, 0.1) is 11.8 Å². The summed E-state index contributed by atoms with van der Waals surface area (Å²) in [6, 6.07) is 5.47. The van der Waals surface area contributed by atoms with Crippen LogP contribution >= 0.6 is 0 Å². The summed E-state index contributed by atoms with van der Waals surface area (Å²) in [6.07, 6.45) is 11.2. The highest BCUT2D eigenvalue weighted by atomic mass is 16.6. The van der Waals surface area contributed by atoms with Gasteiger partial charge in [-0.2, -0.15) is 0 Å². The number of carbonyl (C=O) groups excluding carboxylic acids is 2. The standard InChI is InChI=1S/C26H32N4O4/c1-29(15-16-30-13-3-2-4-14-30)24(31)19-7-9-26(10-8-19)22-6-5-20(17-21(22)25(32)34-26)33-23-18-27-11-12-28-23/h5-6,11-12,17-19H,2-4,7-10,13-16H2,1H3. The molecule has 2 aromatic rings. The van der Waals surface area contributed by atoms with E-state index >= 15 is 0 Å². The number of likely N-dealkylation sites (N-methyl/N-ethyl adjacent to an activating group) is 1. The number of benzene rings is 1. The third-order valence-corrected chi connectivity index (χ3v) is 7.47. The maximum absolute atomic E-state index is 13.1. The average Bonchev–Trinajstić information content (AvgIpc) is 3.14. The number of hydrogen-bond acceptors (Lipinski definition) is 7. The minimum absolute atomic E-state index is 0.0148. The Morgan fingerprint density at radius 1 is 1.21 bits per heavy atom. The molecule has 180 valence electrons. The Hall–Kier alpha value is -3.00. The molecule has 1 aromatic carbocycles. The minimum Gasteiger partial charge on any atom is -0.451 e. The lowest BCUT2D eigenvalue weighted by Crippen LogP contribution is -2.43. The fourth-order valence-corrected chi connectivity index (χ4v) is 5.50. The molecule has 1 aromatic heterocycles. The fourth-order valence-electron chi connectivity index (χ4n) is 5.50. The van der Waals surface area contributed by atoms with Crippen molar-refractivity contribution in [3.8, 4) is 11.6 Å². The number of aromatic nitrogens is 2. The Bertz CT molecular complexity index is 1030. The molecule has 2 aliphatic heterocycles. The van der Waals surface area contributed by atoms with Crippen molar-refractivity contribution in [3.05, 3.63) is 47.9 Å². The molecule has 0 atom stereocenters. The van der Waals surface area contributed by atoms with Gasteiger partial charge in [-0.3, -0.25) is 9.78 Å². The van der Waals surface area contributed by atoms with E-state index in [1.165, 1.54) is 25.5 Å². The molecule has 0 radical (unpaired) electrons. The SMILES string of the molecule is CN(CCN1CCCCC1)C(=O)C1CCC2(CC1)OC(=O)c1cc(Oc3cnccn3)ccc12. The first-order chi connectivity index (χ1) is 16.5. The van der Waals surface area contributed by atoms with Crippen LogP contribution in [0.2, 0.25) is 0 Å². The number of amides is 1. The van der Waals surface area contributed by atoms with Gasteiger partial charge in [-0.25, -0.2) is 9.78 Å². The molecule has 1 amide bonds. The predicted molar refractivity (Wildman–Crippen MR) is 126 cm³/mol.